The molecule has 0 aromatic carbocycles. The maximum atomic E-state index is 2.62. The van der Waals surface area contributed by atoms with Gasteiger partial charge in [0.25, 0.3) is 0 Å². The molecular weight excluding hydrogens is 148 g/mol. The van der Waals surface area contributed by atoms with Gasteiger partial charge in [-0.25, -0.2) is 0 Å². The Balaban J connectivity index is 1.94. The third-order valence-corrected chi connectivity index (χ3v) is 3.40. The van der Waals surface area contributed by atoms with Crippen LogP contribution in [0.2, 0.25) is 0 Å². The van der Waals surface area contributed by atoms with E-state index in [9.17, 15) is 0 Å². The molecule has 0 unspecified atom stereocenters. The van der Waals surface area contributed by atoms with E-state index in [4.69, 9.17) is 0 Å². The molecule has 3 heterocycles. The molecule has 70 valence electrons. The van der Waals surface area contributed by atoms with Crippen molar-refractivity contribution < 1.29 is 0 Å². The Morgan fingerprint density at radius 2 is 1.83 bits per heavy atom. The second kappa shape index (κ2) is 3.75. The fourth-order valence-corrected chi connectivity index (χ4v) is 2.42. The van der Waals surface area contributed by atoms with Crippen molar-refractivity contribution in [1.29, 1.82) is 0 Å². The van der Waals surface area contributed by atoms with E-state index in [-0.39, 0.29) is 0 Å². The lowest BCUT2D eigenvalue weighted by Crippen LogP contribution is -2.46. The van der Waals surface area contributed by atoms with E-state index in [1.165, 1.54) is 52.1 Å². The van der Waals surface area contributed by atoms with Gasteiger partial charge in [-0.2, -0.15) is 0 Å². The van der Waals surface area contributed by atoms with Crippen LogP contribution in [0.15, 0.2) is 0 Å². The average Bonchev–Trinajstić information content (AvgIpc) is 2.06. The smallest absolute Gasteiger partial charge is 0.0109 e. The summed E-state index contributed by atoms with van der Waals surface area (Å²) in [5, 5.41) is 0. The maximum absolute atomic E-state index is 2.62. The lowest BCUT2D eigenvalue weighted by Gasteiger charge is -2.39. The third kappa shape index (κ3) is 1.80. The molecule has 0 N–H and O–H groups in total. The van der Waals surface area contributed by atoms with E-state index in [1.54, 1.807) is 0 Å². The average molecular weight is 168 g/mol. The molecule has 12 heavy (non-hydrogen) atoms. The number of likely N-dealkylation sites (N-methyl/N-ethyl adjacent to an activating group) is 1. The molecule has 2 heteroatoms. The fraction of sp³-hybridized carbons (Fsp3) is 1.00. The summed E-state index contributed by atoms with van der Waals surface area (Å²) < 4.78 is 0. The SMILES string of the molecule is CCN1CCN2CCC(CC2)C1. The van der Waals surface area contributed by atoms with Crippen molar-refractivity contribution in [2.45, 2.75) is 19.8 Å². The quantitative estimate of drug-likeness (QED) is 0.577. The summed E-state index contributed by atoms with van der Waals surface area (Å²) >= 11 is 0. The molecule has 3 rings (SSSR count). The van der Waals surface area contributed by atoms with Gasteiger partial charge < -0.3 is 9.80 Å². The second-order valence-corrected chi connectivity index (χ2v) is 4.18. The van der Waals surface area contributed by atoms with Crippen molar-refractivity contribution in [1.82, 2.24) is 9.80 Å². The van der Waals surface area contributed by atoms with Gasteiger partial charge in [-0.1, -0.05) is 6.92 Å². The number of fused-ring (bicyclic) bond motifs is 5. The molecule has 0 aliphatic carbocycles. The van der Waals surface area contributed by atoms with Gasteiger partial charge in [0.2, 0.25) is 0 Å². The monoisotopic (exact) mass is 168 g/mol. The molecule has 3 aliphatic heterocycles. The standard InChI is InChI=1S/C10H20N2/c1-2-11-7-8-12-5-3-10(9-11)4-6-12/h10H,2-9H2,1H3. The highest BCUT2D eigenvalue weighted by Crippen LogP contribution is 2.20. The minimum atomic E-state index is 1.00. The Bertz CT molecular complexity index is 139. The first kappa shape index (κ1) is 8.52. The van der Waals surface area contributed by atoms with Crippen LogP contribution in [0, 0.1) is 5.92 Å². The van der Waals surface area contributed by atoms with E-state index in [0.717, 1.165) is 5.92 Å². The Labute approximate surface area is 75.5 Å². The second-order valence-electron chi connectivity index (χ2n) is 4.18. The van der Waals surface area contributed by atoms with E-state index in [1.807, 2.05) is 0 Å². The van der Waals surface area contributed by atoms with Gasteiger partial charge in [0.1, 0.15) is 0 Å². The largest absolute Gasteiger partial charge is 0.302 e. The summed E-state index contributed by atoms with van der Waals surface area (Å²) in [6, 6.07) is 0. The molecule has 0 spiro atoms. The van der Waals surface area contributed by atoms with Gasteiger partial charge >= 0.3 is 0 Å². The molecule has 3 saturated heterocycles. The first-order valence-electron chi connectivity index (χ1n) is 5.33. The summed E-state index contributed by atoms with van der Waals surface area (Å²) in [6.07, 6.45) is 2.88. The molecule has 3 aliphatic rings. The molecule has 0 aromatic heterocycles. The first-order chi connectivity index (χ1) is 5.88. The molecule has 3 fully saturated rings. The van der Waals surface area contributed by atoms with Gasteiger partial charge in [0.05, 0.1) is 0 Å². The highest BCUT2D eigenvalue weighted by Gasteiger charge is 2.23. The summed E-state index contributed by atoms with van der Waals surface area (Å²) in [5.41, 5.74) is 0. The van der Waals surface area contributed by atoms with Crippen LogP contribution in [0.25, 0.3) is 0 Å². The Hall–Kier alpha value is -0.0800. The third-order valence-electron chi connectivity index (χ3n) is 3.40. The van der Waals surface area contributed by atoms with Crippen LogP contribution in [-0.2, 0) is 0 Å². The van der Waals surface area contributed by atoms with Gasteiger partial charge in [-0.15, -0.1) is 0 Å². The number of nitrogens with zero attached hydrogens (tertiary/aromatic N) is 2. The molecule has 0 atom stereocenters. The lowest BCUT2D eigenvalue weighted by atomic mass is 9.95. The van der Waals surface area contributed by atoms with Crippen LogP contribution >= 0.6 is 0 Å². The van der Waals surface area contributed by atoms with Gasteiger partial charge in [0.15, 0.2) is 0 Å². The Morgan fingerprint density at radius 1 is 1.08 bits per heavy atom. The summed E-state index contributed by atoms with van der Waals surface area (Å²) in [4.78, 5) is 5.23. The Kier molecular flexibility index (Phi) is 2.66. The Morgan fingerprint density at radius 3 is 2.50 bits per heavy atom. The van der Waals surface area contributed by atoms with Crippen molar-refractivity contribution >= 4 is 0 Å². The predicted octanol–water partition coefficient (Wildman–Crippen LogP) is 1.03. The van der Waals surface area contributed by atoms with Crippen molar-refractivity contribution in [3.63, 3.8) is 0 Å². The van der Waals surface area contributed by atoms with Crippen molar-refractivity contribution in [3.8, 4) is 0 Å². The van der Waals surface area contributed by atoms with Crippen LogP contribution in [0.5, 0.6) is 0 Å². The van der Waals surface area contributed by atoms with E-state index in [0.29, 0.717) is 0 Å². The molecule has 0 amide bonds. The number of piperidine rings is 1. The zero-order chi connectivity index (χ0) is 8.39. The fourth-order valence-electron chi connectivity index (χ4n) is 2.42. The highest BCUT2D eigenvalue weighted by atomic mass is 15.2. The number of hydrogen-bond acceptors (Lipinski definition) is 2. The molecule has 2 bridgehead atoms. The highest BCUT2D eigenvalue weighted by molar-refractivity contribution is 4.78. The predicted molar refractivity (Wildman–Crippen MR) is 51.3 cm³/mol. The number of hydrogen-bond donors (Lipinski definition) is 0. The van der Waals surface area contributed by atoms with Gasteiger partial charge in [-0.05, 0) is 38.4 Å². The van der Waals surface area contributed by atoms with Crippen molar-refractivity contribution in [3.05, 3.63) is 0 Å². The van der Waals surface area contributed by atoms with E-state index in [2.05, 4.69) is 16.7 Å². The van der Waals surface area contributed by atoms with Crippen LogP contribution in [-0.4, -0.2) is 49.1 Å². The topological polar surface area (TPSA) is 6.48 Å². The number of rotatable bonds is 1. The van der Waals surface area contributed by atoms with Crippen molar-refractivity contribution in [2.75, 3.05) is 39.3 Å². The molecule has 0 radical (unpaired) electrons. The summed E-state index contributed by atoms with van der Waals surface area (Å²) in [5.74, 6) is 1.00. The molecule has 0 aromatic rings. The van der Waals surface area contributed by atoms with Gasteiger partial charge in [-0.3, -0.25) is 0 Å². The minimum absolute atomic E-state index is 1.00. The molecular formula is C10H20N2. The maximum Gasteiger partial charge on any atom is 0.0109 e. The molecule has 2 nitrogen and oxygen atoms in total. The zero-order valence-corrected chi connectivity index (χ0v) is 8.13. The van der Waals surface area contributed by atoms with Crippen LogP contribution in [0.4, 0.5) is 0 Å². The normalized spacial score (nSPS) is 37.8. The van der Waals surface area contributed by atoms with Crippen LogP contribution in [0.1, 0.15) is 19.8 Å². The minimum Gasteiger partial charge on any atom is -0.302 e. The van der Waals surface area contributed by atoms with Gasteiger partial charge in [0, 0.05) is 19.6 Å². The lowest BCUT2D eigenvalue weighted by molar-refractivity contribution is 0.0952. The molecule has 0 saturated carbocycles. The summed E-state index contributed by atoms with van der Waals surface area (Å²) in [6.45, 7) is 10.2. The zero-order valence-electron chi connectivity index (χ0n) is 8.13. The van der Waals surface area contributed by atoms with Crippen molar-refractivity contribution in [2.24, 2.45) is 5.92 Å². The van der Waals surface area contributed by atoms with E-state index >= 15 is 0 Å². The summed E-state index contributed by atoms with van der Waals surface area (Å²) in [7, 11) is 0. The van der Waals surface area contributed by atoms with Crippen LogP contribution in [0.3, 0.4) is 0 Å². The van der Waals surface area contributed by atoms with Crippen LogP contribution < -0.4 is 0 Å². The first-order valence-corrected chi connectivity index (χ1v) is 5.33. The van der Waals surface area contributed by atoms with E-state index < -0.39 is 0 Å².